The van der Waals surface area contributed by atoms with Crippen LogP contribution >= 0.6 is 0 Å². The van der Waals surface area contributed by atoms with Gasteiger partial charge < -0.3 is 10.2 Å². The van der Waals surface area contributed by atoms with Gasteiger partial charge in [-0.05, 0) is 26.1 Å². The van der Waals surface area contributed by atoms with Gasteiger partial charge in [0.05, 0.1) is 0 Å². The van der Waals surface area contributed by atoms with E-state index >= 15 is 0 Å². The fourth-order valence-electron chi connectivity index (χ4n) is 1.79. The minimum absolute atomic E-state index is 0.966. The summed E-state index contributed by atoms with van der Waals surface area (Å²) in [5.74, 6) is 0.991. The van der Waals surface area contributed by atoms with E-state index in [0.29, 0.717) is 0 Å². The van der Waals surface area contributed by atoms with Gasteiger partial charge in [0.25, 0.3) is 0 Å². The maximum absolute atomic E-state index is 4.31. The topological polar surface area (TPSA) is 28.2 Å². The Hall–Kier alpha value is -1.09. The van der Waals surface area contributed by atoms with Crippen LogP contribution in [0.1, 0.15) is 31.7 Å². The average molecular weight is 221 g/mol. The van der Waals surface area contributed by atoms with E-state index in [2.05, 4.69) is 35.2 Å². The maximum Gasteiger partial charge on any atom is 0.130 e. The molecule has 0 unspecified atom stereocenters. The lowest BCUT2D eigenvalue weighted by Gasteiger charge is -2.17. The van der Waals surface area contributed by atoms with Gasteiger partial charge >= 0.3 is 0 Å². The normalized spacial score (nSPS) is 10.8. The van der Waals surface area contributed by atoms with Gasteiger partial charge in [0.2, 0.25) is 0 Å². The van der Waals surface area contributed by atoms with Crippen molar-refractivity contribution in [2.24, 2.45) is 0 Å². The highest BCUT2D eigenvalue weighted by Gasteiger charge is 2.04. The summed E-state index contributed by atoms with van der Waals surface area (Å²) in [6.07, 6.45) is 5.70. The highest BCUT2D eigenvalue weighted by Crippen LogP contribution is 2.12. The van der Waals surface area contributed by atoms with E-state index in [-0.39, 0.29) is 0 Å². The first-order chi connectivity index (χ1) is 7.77. The van der Waals surface area contributed by atoms with E-state index in [4.69, 9.17) is 0 Å². The van der Waals surface area contributed by atoms with Gasteiger partial charge in [-0.2, -0.15) is 0 Å². The predicted molar refractivity (Wildman–Crippen MR) is 69.6 cm³/mol. The molecule has 0 radical (unpaired) electrons. The molecule has 0 aromatic carbocycles. The van der Waals surface area contributed by atoms with E-state index in [0.717, 1.165) is 18.9 Å². The summed E-state index contributed by atoms with van der Waals surface area (Å²) in [5.41, 5.74) is 1.27. The van der Waals surface area contributed by atoms with Crippen LogP contribution < -0.4 is 5.32 Å². The first kappa shape index (κ1) is 13.0. The van der Waals surface area contributed by atoms with Crippen LogP contribution in [0.5, 0.6) is 0 Å². The lowest BCUT2D eigenvalue weighted by atomic mass is 10.2. The van der Waals surface area contributed by atoms with Gasteiger partial charge in [-0.15, -0.1) is 0 Å². The molecule has 0 aliphatic rings. The molecule has 16 heavy (non-hydrogen) atoms. The van der Waals surface area contributed by atoms with Crippen molar-refractivity contribution in [1.82, 2.24) is 9.88 Å². The summed E-state index contributed by atoms with van der Waals surface area (Å²) >= 11 is 0. The third-order valence-electron chi connectivity index (χ3n) is 2.71. The summed E-state index contributed by atoms with van der Waals surface area (Å²) in [4.78, 5) is 6.66. The molecule has 0 aliphatic heterocycles. The minimum atomic E-state index is 0.966. The summed E-state index contributed by atoms with van der Waals surface area (Å²) in [5, 5.41) is 3.13. The second-order valence-electron chi connectivity index (χ2n) is 4.21. The Bertz CT molecular complexity index is 299. The average Bonchev–Trinajstić information content (AvgIpc) is 2.30. The van der Waals surface area contributed by atoms with Crippen molar-refractivity contribution in [2.75, 3.05) is 26.0 Å². The first-order valence-corrected chi connectivity index (χ1v) is 6.08. The summed E-state index contributed by atoms with van der Waals surface area (Å²) in [6, 6.07) is 4.13. The number of pyridine rings is 1. The molecule has 1 rings (SSSR count). The summed E-state index contributed by atoms with van der Waals surface area (Å²) < 4.78 is 0. The Morgan fingerprint density at radius 2 is 2.19 bits per heavy atom. The second kappa shape index (κ2) is 7.23. The molecule has 0 saturated carbocycles. The van der Waals surface area contributed by atoms with Crippen LogP contribution in [0.4, 0.5) is 5.82 Å². The smallest absolute Gasteiger partial charge is 0.130 e. The van der Waals surface area contributed by atoms with Crippen LogP contribution in [0.3, 0.4) is 0 Å². The van der Waals surface area contributed by atoms with Crippen molar-refractivity contribution in [3.05, 3.63) is 23.9 Å². The maximum atomic E-state index is 4.31. The number of anilines is 1. The van der Waals surface area contributed by atoms with Crippen molar-refractivity contribution in [2.45, 2.75) is 32.7 Å². The highest BCUT2D eigenvalue weighted by molar-refractivity contribution is 5.42. The first-order valence-electron chi connectivity index (χ1n) is 6.08. The fourth-order valence-corrected chi connectivity index (χ4v) is 1.79. The van der Waals surface area contributed by atoms with Crippen molar-refractivity contribution >= 4 is 5.82 Å². The largest absolute Gasteiger partial charge is 0.373 e. The van der Waals surface area contributed by atoms with Crippen LogP contribution in [-0.4, -0.2) is 30.5 Å². The van der Waals surface area contributed by atoms with E-state index in [1.807, 2.05) is 19.3 Å². The SMILES string of the molecule is CCCCCN(C)Cc1cccnc1NC. The molecule has 0 spiro atoms. The van der Waals surface area contributed by atoms with Crippen molar-refractivity contribution in [1.29, 1.82) is 0 Å². The fraction of sp³-hybridized carbons (Fsp3) is 0.615. The third-order valence-corrected chi connectivity index (χ3v) is 2.71. The van der Waals surface area contributed by atoms with Crippen LogP contribution in [0.15, 0.2) is 18.3 Å². The minimum Gasteiger partial charge on any atom is -0.373 e. The number of rotatable bonds is 7. The van der Waals surface area contributed by atoms with Gasteiger partial charge in [-0.1, -0.05) is 25.8 Å². The second-order valence-corrected chi connectivity index (χ2v) is 4.21. The van der Waals surface area contributed by atoms with Gasteiger partial charge in [0, 0.05) is 25.4 Å². The number of nitrogens with zero attached hydrogens (tertiary/aromatic N) is 2. The Labute approximate surface area is 98.9 Å². The monoisotopic (exact) mass is 221 g/mol. The Kier molecular flexibility index (Phi) is 5.86. The Balaban J connectivity index is 2.45. The summed E-state index contributed by atoms with van der Waals surface area (Å²) in [6.45, 7) is 4.36. The van der Waals surface area contributed by atoms with E-state index in [1.54, 1.807) is 0 Å². The van der Waals surface area contributed by atoms with Crippen LogP contribution in [0.2, 0.25) is 0 Å². The van der Waals surface area contributed by atoms with E-state index < -0.39 is 0 Å². The van der Waals surface area contributed by atoms with Gasteiger partial charge in [0.1, 0.15) is 5.82 Å². The zero-order valence-electron chi connectivity index (χ0n) is 10.7. The zero-order valence-corrected chi connectivity index (χ0v) is 10.7. The van der Waals surface area contributed by atoms with E-state index in [9.17, 15) is 0 Å². The van der Waals surface area contributed by atoms with Gasteiger partial charge in [0.15, 0.2) is 0 Å². The molecule has 1 aromatic rings. The number of nitrogens with one attached hydrogen (secondary N) is 1. The van der Waals surface area contributed by atoms with Crippen LogP contribution in [0, 0.1) is 0 Å². The molecular formula is C13H23N3. The molecule has 1 heterocycles. The molecule has 0 amide bonds. The molecule has 3 nitrogen and oxygen atoms in total. The van der Waals surface area contributed by atoms with Gasteiger partial charge in [-0.25, -0.2) is 4.98 Å². The molecule has 90 valence electrons. The lowest BCUT2D eigenvalue weighted by molar-refractivity contribution is 0.318. The zero-order chi connectivity index (χ0) is 11.8. The summed E-state index contributed by atoms with van der Waals surface area (Å²) in [7, 11) is 4.09. The Morgan fingerprint density at radius 1 is 1.38 bits per heavy atom. The molecule has 0 fully saturated rings. The van der Waals surface area contributed by atoms with Crippen molar-refractivity contribution in [3.63, 3.8) is 0 Å². The number of hydrogen-bond acceptors (Lipinski definition) is 3. The third kappa shape index (κ3) is 4.19. The van der Waals surface area contributed by atoms with Gasteiger partial charge in [-0.3, -0.25) is 0 Å². The van der Waals surface area contributed by atoms with E-state index in [1.165, 1.54) is 24.8 Å². The van der Waals surface area contributed by atoms with Crippen LogP contribution in [-0.2, 0) is 6.54 Å². The standard InChI is InChI=1S/C13H23N3/c1-4-5-6-10-16(3)11-12-8-7-9-15-13(12)14-2/h7-9H,4-6,10-11H2,1-3H3,(H,14,15). The molecule has 1 aromatic heterocycles. The quantitative estimate of drug-likeness (QED) is 0.718. The van der Waals surface area contributed by atoms with Crippen LogP contribution in [0.25, 0.3) is 0 Å². The molecule has 0 saturated heterocycles. The predicted octanol–water partition coefficient (Wildman–Crippen LogP) is 2.75. The molecule has 0 atom stereocenters. The highest BCUT2D eigenvalue weighted by atomic mass is 15.1. The number of aromatic nitrogens is 1. The molecule has 0 aliphatic carbocycles. The molecule has 0 bridgehead atoms. The molecular weight excluding hydrogens is 198 g/mol. The van der Waals surface area contributed by atoms with Crippen molar-refractivity contribution in [3.8, 4) is 0 Å². The van der Waals surface area contributed by atoms with Crippen molar-refractivity contribution < 1.29 is 0 Å². The Morgan fingerprint density at radius 3 is 2.88 bits per heavy atom. The number of unbranched alkanes of at least 4 members (excludes halogenated alkanes) is 2. The molecule has 3 heteroatoms. The molecule has 1 N–H and O–H groups in total. The lowest BCUT2D eigenvalue weighted by Crippen LogP contribution is -2.20. The number of hydrogen-bond donors (Lipinski definition) is 1.